The van der Waals surface area contributed by atoms with Crippen LogP contribution >= 0.6 is 0 Å². The second-order valence-electron chi connectivity index (χ2n) is 6.54. The number of nitrogens with zero attached hydrogens (tertiary/aromatic N) is 1. The molecule has 3 aromatic rings. The van der Waals surface area contributed by atoms with Gasteiger partial charge < -0.3 is 15.4 Å². The summed E-state index contributed by atoms with van der Waals surface area (Å²) in [4.78, 5) is 28.3. The van der Waals surface area contributed by atoms with Crippen molar-refractivity contribution >= 4 is 11.8 Å². The first-order valence-electron chi connectivity index (χ1n) is 9.26. The molecule has 0 fully saturated rings. The maximum atomic E-state index is 12.8. The van der Waals surface area contributed by atoms with Crippen molar-refractivity contribution in [2.24, 2.45) is 0 Å². The number of amides is 2. The predicted octanol–water partition coefficient (Wildman–Crippen LogP) is 3.32. The Labute approximate surface area is 169 Å². The number of pyridine rings is 1. The summed E-state index contributed by atoms with van der Waals surface area (Å²) in [5, 5.41) is 5.70. The van der Waals surface area contributed by atoms with E-state index in [2.05, 4.69) is 15.6 Å². The van der Waals surface area contributed by atoms with Crippen LogP contribution in [0.25, 0.3) is 11.1 Å². The van der Waals surface area contributed by atoms with E-state index in [1.807, 2.05) is 54.6 Å². The summed E-state index contributed by atoms with van der Waals surface area (Å²) in [7, 11) is 1.61. The second-order valence-corrected chi connectivity index (χ2v) is 6.54. The van der Waals surface area contributed by atoms with Gasteiger partial charge in [0, 0.05) is 31.8 Å². The van der Waals surface area contributed by atoms with Crippen molar-refractivity contribution < 1.29 is 14.3 Å². The largest absolute Gasteiger partial charge is 0.497 e. The van der Waals surface area contributed by atoms with Crippen LogP contribution in [0, 0.1) is 0 Å². The number of rotatable bonds is 7. The molecule has 0 radical (unpaired) electrons. The molecule has 0 unspecified atom stereocenters. The van der Waals surface area contributed by atoms with Crippen LogP contribution in [0.15, 0.2) is 66.9 Å². The Hall–Kier alpha value is -3.67. The number of aromatic nitrogens is 1. The fourth-order valence-electron chi connectivity index (χ4n) is 2.94. The Morgan fingerprint density at radius 2 is 1.66 bits per heavy atom. The lowest BCUT2D eigenvalue weighted by Crippen LogP contribution is -2.24. The molecule has 0 bridgehead atoms. The number of carbonyl (C=O) groups excluding carboxylic acids is 2. The molecule has 3 rings (SSSR count). The number of benzene rings is 2. The molecule has 0 aliphatic heterocycles. The van der Waals surface area contributed by atoms with Gasteiger partial charge in [0.2, 0.25) is 5.91 Å². The van der Waals surface area contributed by atoms with Gasteiger partial charge in [-0.2, -0.15) is 0 Å². The molecule has 2 N–H and O–H groups in total. The molecule has 2 amide bonds. The highest BCUT2D eigenvalue weighted by molar-refractivity contribution is 5.98. The smallest absolute Gasteiger partial charge is 0.270 e. The van der Waals surface area contributed by atoms with E-state index in [9.17, 15) is 9.59 Å². The maximum absolute atomic E-state index is 12.8. The molecule has 1 aromatic heterocycles. The van der Waals surface area contributed by atoms with Crippen LogP contribution in [0.4, 0.5) is 0 Å². The van der Waals surface area contributed by atoms with Crippen LogP contribution in [0.5, 0.6) is 5.75 Å². The van der Waals surface area contributed by atoms with Crippen LogP contribution < -0.4 is 15.4 Å². The van der Waals surface area contributed by atoms with Gasteiger partial charge in [-0.1, -0.05) is 36.4 Å². The van der Waals surface area contributed by atoms with Crippen LogP contribution in [0.3, 0.4) is 0 Å². The van der Waals surface area contributed by atoms with Gasteiger partial charge in [-0.25, -0.2) is 0 Å². The van der Waals surface area contributed by atoms with Crippen molar-refractivity contribution in [2.45, 2.75) is 20.0 Å². The lowest BCUT2D eigenvalue weighted by atomic mass is 10.0. The zero-order valence-electron chi connectivity index (χ0n) is 16.4. The zero-order valence-corrected chi connectivity index (χ0v) is 16.4. The van der Waals surface area contributed by atoms with E-state index in [4.69, 9.17) is 4.74 Å². The number of nitrogens with one attached hydrogen (secondary N) is 2. The molecule has 6 heteroatoms. The van der Waals surface area contributed by atoms with E-state index in [0.717, 1.165) is 28.0 Å². The third-order valence-corrected chi connectivity index (χ3v) is 4.39. The Morgan fingerprint density at radius 3 is 2.41 bits per heavy atom. The van der Waals surface area contributed by atoms with Gasteiger partial charge in [-0.15, -0.1) is 0 Å². The fraction of sp³-hybridized carbons (Fsp3) is 0.174. The van der Waals surface area contributed by atoms with Crippen LogP contribution in [-0.2, 0) is 17.9 Å². The summed E-state index contributed by atoms with van der Waals surface area (Å²) < 4.78 is 5.22. The number of ether oxygens (including phenoxy) is 1. The van der Waals surface area contributed by atoms with E-state index in [-0.39, 0.29) is 11.8 Å². The van der Waals surface area contributed by atoms with Gasteiger partial charge in [-0.3, -0.25) is 14.6 Å². The van der Waals surface area contributed by atoms with Gasteiger partial charge in [0.15, 0.2) is 0 Å². The lowest BCUT2D eigenvalue weighted by molar-refractivity contribution is -0.119. The maximum Gasteiger partial charge on any atom is 0.270 e. The van der Waals surface area contributed by atoms with Gasteiger partial charge in [0.25, 0.3) is 5.91 Å². The highest BCUT2D eigenvalue weighted by Crippen LogP contribution is 2.23. The first-order chi connectivity index (χ1) is 14.1. The van der Waals surface area contributed by atoms with E-state index < -0.39 is 0 Å². The average molecular weight is 389 g/mol. The first kappa shape index (κ1) is 20.1. The fourth-order valence-corrected chi connectivity index (χ4v) is 2.94. The minimum Gasteiger partial charge on any atom is -0.497 e. The van der Waals surface area contributed by atoms with Crippen molar-refractivity contribution in [1.82, 2.24) is 15.6 Å². The summed E-state index contributed by atoms with van der Waals surface area (Å²) in [6.07, 6.45) is 1.60. The van der Waals surface area contributed by atoms with Gasteiger partial charge in [0.1, 0.15) is 11.4 Å². The van der Waals surface area contributed by atoms with E-state index >= 15 is 0 Å². The van der Waals surface area contributed by atoms with Crippen molar-refractivity contribution in [3.63, 3.8) is 0 Å². The minimum absolute atomic E-state index is 0.0885. The molecule has 0 aliphatic carbocycles. The quantitative estimate of drug-likeness (QED) is 0.650. The van der Waals surface area contributed by atoms with Crippen molar-refractivity contribution in [2.75, 3.05) is 7.11 Å². The summed E-state index contributed by atoms with van der Waals surface area (Å²) in [6, 6.07) is 18.9. The van der Waals surface area contributed by atoms with E-state index in [1.54, 1.807) is 19.4 Å². The molecule has 0 spiro atoms. The molecular formula is C23H23N3O3. The van der Waals surface area contributed by atoms with E-state index in [0.29, 0.717) is 18.8 Å². The number of methoxy groups -OCH3 is 1. The standard InChI is InChI=1S/C23H23N3O3/c1-16(27)25-14-17-6-3-8-19(12-17)21-10-5-11-24-22(21)23(28)26-15-18-7-4-9-20(13-18)29-2/h3-13H,14-15H2,1-2H3,(H,25,27)(H,26,28). The van der Waals surface area contributed by atoms with Crippen LogP contribution in [0.1, 0.15) is 28.5 Å². The average Bonchev–Trinajstić information content (AvgIpc) is 2.76. The number of hydrogen-bond donors (Lipinski definition) is 2. The molecule has 0 aliphatic rings. The molecule has 0 atom stereocenters. The molecule has 29 heavy (non-hydrogen) atoms. The Morgan fingerprint density at radius 1 is 0.931 bits per heavy atom. The molecule has 1 heterocycles. The molecule has 0 saturated carbocycles. The van der Waals surface area contributed by atoms with Crippen molar-refractivity contribution in [3.8, 4) is 16.9 Å². The van der Waals surface area contributed by atoms with Gasteiger partial charge in [0.05, 0.1) is 7.11 Å². The zero-order chi connectivity index (χ0) is 20.6. The second kappa shape index (κ2) is 9.50. The molecule has 2 aromatic carbocycles. The molecule has 0 saturated heterocycles. The Bertz CT molecular complexity index is 1020. The third kappa shape index (κ3) is 5.42. The highest BCUT2D eigenvalue weighted by atomic mass is 16.5. The topological polar surface area (TPSA) is 80.3 Å². The highest BCUT2D eigenvalue weighted by Gasteiger charge is 2.14. The van der Waals surface area contributed by atoms with Gasteiger partial charge in [-0.05, 0) is 41.0 Å². The number of carbonyl (C=O) groups is 2. The van der Waals surface area contributed by atoms with Crippen molar-refractivity contribution in [1.29, 1.82) is 0 Å². The SMILES string of the molecule is COc1cccc(CNC(=O)c2ncccc2-c2cccc(CNC(C)=O)c2)c1. The normalized spacial score (nSPS) is 10.3. The number of hydrogen-bond acceptors (Lipinski definition) is 4. The summed E-state index contributed by atoms with van der Waals surface area (Å²) in [5.41, 5.74) is 3.84. The Kier molecular flexibility index (Phi) is 6.58. The van der Waals surface area contributed by atoms with Gasteiger partial charge >= 0.3 is 0 Å². The van der Waals surface area contributed by atoms with Crippen molar-refractivity contribution in [3.05, 3.63) is 83.7 Å². The third-order valence-electron chi connectivity index (χ3n) is 4.39. The van der Waals surface area contributed by atoms with Crippen LogP contribution in [-0.4, -0.2) is 23.9 Å². The lowest BCUT2D eigenvalue weighted by Gasteiger charge is -2.11. The Balaban J connectivity index is 1.78. The van der Waals surface area contributed by atoms with Crippen LogP contribution in [0.2, 0.25) is 0 Å². The molecular weight excluding hydrogens is 366 g/mol. The summed E-state index contributed by atoms with van der Waals surface area (Å²) >= 11 is 0. The minimum atomic E-state index is -0.254. The molecule has 6 nitrogen and oxygen atoms in total. The molecule has 148 valence electrons. The summed E-state index contributed by atoms with van der Waals surface area (Å²) in [6.45, 7) is 2.28. The predicted molar refractivity (Wildman–Crippen MR) is 111 cm³/mol. The van der Waals surface area contributed by atoms with E-state index in [1.165, 1.54) is 6.92 Å². The monoisotopic (exact) mass is 389 g/mol. The summed E-state index contributed by atoms with van der Waals surface area (Å²) in [5.74, 6) is 0.399. The first-order valence-corrected chi connectivity index (χ1v) is 9.26.